The predicted octanol–water partition coefficient (Wildman–Crippen LogP) is -1.26. The van der Waals surface area contributed by atoms with Crippen LogP contribution >= 0.6 is 7.82 Å². The number of hydrogen-bond acceptors (Lipinski definition) is 8. The Kier molecular flexibility index (Phi) is 5.96. The molecule has 0 bridgehead atoms. The molecule has 0 aliphatic carbocycles. The molecule has 1 amide bonds. The summed E-state index contributed by atoms with van der Waals surface area (Å²) >= 11 is 0. The van der Waals surface area contributed by atoms with Gasteiger partial charge in [-0.25, -0.2) is 9.55 Å². The molecule has 3 rings (SSSR count). The highest BCUT2D eigenvalue weighted by Crippen LogP contribution is 2.38. The summed E-state index contributed by atoms with van der Waals surface area (Å²) in [5.74, 6) is -1.10. The summed E-state index contributed by atoms with van der Waals surface area (Å²) in [6, 6.07) is 8.49. The summed E-state index contributed by atoms with van der Waals surface area (Å²) < 4.78 is 21.4. The summed E-state index contributed by atoms with van der Waals surface area (Å²) in [7, 11) is -4.85. The Labute approximate surface area is 163 Å². The molecule has 1 fully saturated rings. The quantitative estimate of drug-likeness (QED) is 0.347. The lowest BCUT2D eigenvalue weighted by molar-refractivity contribution is -0.0537. The number of rotatable bonds is 6. The number of hydrogen-bond donors (Lipinski definition) is 5. The van der Waals surface area contributed by atoms with Crippen LogP contribution in [-0.4, -0.2) is 60.4 Å². The zero-order valence-electron chi connectivity index (χ0n) is 14.7. The van der Waals surface area contributed by atoms with Gasteiger partial charge in [-0.15, -0.1) is 0 Å². The third-order valence-corrected chi connectivity index (χ3v) is 4.74. The van der Waals surface area contributed by atoms with Gasteiger partial charge < -0.3 is 30.5 Å². The molecule has 0 unspecified atom stereocenters. The summed E-state index contributed by atoms with van der Waals surface area (Å²) in [5.41, 5.74) is 4.39. The second-order valence-corrected chi connectivity index (χ2v) is 7.49. The number of nitrogens with zero attached hydrogens (tertiary/aromatic N) is 2. The van der Waals surface area contributed by atoms with E-state index in [9.17, 15) is 24.4 Å². The molecule has 1 aliphatic rings. The molecule has 1 aromatic heterocycles. The number of phosphoric acid groups is 1. The number of aromatic nitrogens is 2. The monoisotopic (exact) mass is 427 g/mol. The molecule has 156 valence electrons. The third-order valence-electron chi connectivity index (χ3n) is 4.25. The Morgan fingerprint density at radius 1 is 1.24 bits per heavy atom. The van der Waals surface area contributed by atoms with E-state index >= 15 is 0 Å². The van der Waals surface area contributed by atoms with E-state index in [1.165, 1.54) is 6.20 Å². The van der Waals surface area contributed by atoms with E-state index in [0.29, 0.717) is 5.56 Å². The van der Waals surface area contributed by atoms with Gasteiger partial charge in [-0.2, -0.15) is 0 Å². The summed E-state index contributed by atoms with van der Waals surface area (Å²) in [6.45, 7) is -0.743. The number of primary amides is 1. The molecule has 12 nitrogen and oxygen atoms in total. The van der Waals surface area contributed by atoms with Gasteiger partial charge in [0.05, 0.1) is 12.3 Å². The number of phosphoric ester groups is 1. The fourth-order valence-corrected chi connectivity index (χ4v) is 3.22. The minimum Gasteiger partial charge on any atom is -0.387 e. The van der Waals surface area contributed by atoms with Crippen LogP contribution in [0.15, 0.2) is 41.3 Å². The fraction of sp³-hybridized carbons (Fsp3) is 0.312. The number of aliphatic hydroxyl groups excluding tert-OH is 2. The molecule has 2 aromatic rings. The maximum absolute atomic E-state index is 12.6. The Morgan fingerprint density at radius 2 is 1.90 bits per heavy atom. The molecule has 1 aliphatic heterocycles. The number of carbonyl (C=O) groups excluding carboxylic acids is 1. The largest absolute Gasteiger partial charge is 0.469 e. The van der Waals surface area contributed by atoms with E-state index in [2.05, 4.69) is 9.51 Å². The zero-order chi connectivity index (χ0) is 21.3. The van der Waals surface area contributed by atoms with E-state index < -0.39 is 56.1 Å². The van der Waals surface area contributed by atoms with E-state index in [-0.39, 0.29) is 5.69 Å². The topological polar surface area (TPSA) is 194 Å². The molecular formula is C16H18N3O9P. The summed E-state index contributed by atoms with van der Waals surface area (Å²) in [6.07, 6.45) is -4.89. The number of amides is 1. The van der Waals surface area contributed by atoms with Gasteiger partial charge in [0.25, 0.3) is 11.5 Å². The van der Waals surface area contributed by atoms with Crippen molar-refractivity contribution in [1.29, 1.82) is 0 Å². The maximum atomic E-state index is 12.6. The molecule has 1 saturated heterocycles. The van der Waals surface area contributed by atoms with Crippen molar-refractivity contribution in [2.24, 2.45) is 5.73 Å². The SMILES string of the molecule is NC(=O)c1nc(-c2ccccc2)cn([C@@H]2O[C@H](COP(=O)(O)O)[C@@H](O)[C@H]2O)c1=O. The highest BCUT2D eigenvalue weighted by Gasteiger charge is 2.45. The molecule has 4 atom stereocenters. The van der Waals surface area contributed by atoms with E-state index in [1.807, 2.05) is 0 Å². The molecule has 0 spiro atoms. The zero-order valence-corrected chi connectivity index (χ0v) is 15.6. The lowest BCUT2D eigenvalue weighted by Gasteiger charge is -2.19. The number of carbonyl (C=O) groups is 1. The number of aliphatic hydroxyl groups is 2. The van der Waals surface area contributed by atoms with Gasteiger partial charge in [-0.1, -0.05) is 30.3 Å². The van der Waals surface area contributed by atoms with Crippen LogP contribution < -0.4 is 11.3 Å². The van der Waals surface area contributed by atoms with Crippen LogP contribution in [0.3, 0.4) is 0 Å². The van der Waals surface area contributed by atoms with Crippen LogP contribution in [0, 0.1) is 0 Å². The molecule has 13 heteroatoms. The minimum atomic E-state index is -4.85. The maximum Gasteiger partial charge on any atom is 0.469 e. The van der Waals surface area contributed by atoms with Crippen LogP contribution in [0.1, 0.15) is 16.7 Å². The standard InChI is InChI=1S/C16H18N3O9P/c17-14(22)11-15(23)19(6-9(18-11)8-4-2-1-3-5-8)16-13(21)12(20)10(28-16)7-27-29(24,25)26/h1-6,10,12-13,16,20-21H,7H2,(H2,17,22)(H2,24,25,26)/t10-,12-,13-,16-/m1/s1. The minimum absolute atomic E-state index is 0.180. The van der Waals surface area contributed by atoms with Gasteiger partial charge in [0, 0.05) is 11.8 Å². The first kappa shape index (κ1) is 21.3. The summed E-state index contributed by atoms with van der Waals surface area (Å²) in [5, 5.41) is 20.4. The van der Waals surface area contributed by atoms with Crippen molar-refractivity contribution in [1.82, 2.24) is 9.55 Å². The van der Waals surface area contributed by atoms with Gasteiger partial charge in [0.2, 0.25) is 0 Å². The highest BCUT2D eigenvalue weighted by atomic mass is 31.2. The van der Waals surface area contributed by atoms with E-state index in [4.69, 9.17) is 20.3 Å². The van der Waals surface area contributed by atoms with E-state index in [0.717, 1.165) is 4.57 Å². The van der Waals surface area contributed by atoms with Crippen LogP contribution in [0.5, 0.6) is 0 Å². The highest BCUT2D eigenvalue weighted by molar-refractivity contribution is 7.46. The molecule has 1 aromatic carbocycles. The van der Waals surface area contributed by atoms with Gasteiger partial charge in [0.15, 0.2) is 11.9 Å². The van der Waals surface area contributed by atoms with Crippen LogP contribution in [0.4, 0.5) is 0 Å². The molecule has 29 heavy (non-hydrogen) atoms. The predicted molar refractivity (Wildman–Crippen MR) is 96.4 cm³/mol. The molecule has 2 heterocycles. The second-order valence-electron chi connectivity index (χ2n) is 6.25. The Morgan fingerprint density at radius 3 is 2.48 bits per heavy atom. The fourth-order valence-electron chi connectivity index (χ4n) is 2.87. The van der Waals surface area contributed by atoms with Gasteiger partial charge in [-0.3, -0.25) is 18.7 Å². The first-order valence-corrected chi connectivity index (χ1v) is 9.81. The Balaban J connectivity index is 2.01. The molecular weight excluding hydrogens is 409 g/mol. The molecule has 0 saturated carbocycles. The smallest absolute Gasteiger partial charge is 0.387 e. The van der Waals surface area contributed by atoms with Crippen LogP contribution in [0.25, 0.3) is 11.3 Å². The van der Waals surface area contributed by atoms with Gasteiger partial charge >= 0.3 is 7.82 Å². The first-order chi connectivity index (χ1) is 13.6. The molecule has 6 N–H and O–H groups in total. The van der Waals surface area contributed by atoms with E-state index in [1.54, 1.807) is 30.3 Å². The van der Waals surface area contributed by atoms with Crippen molar-refractivity contribution in [3.05, 3.63) is 52.6 Å². The average molecular weight is 427 g/mol. The van der Waals surface area contributed by atoms with Crippen molar-refractivity contribution in [3.63, 3.8) is 0 Å². The van der Waals surface area contributed by atoms with Crippen molar-refractivity contribution in [2.45, 2.75) is 24.5 Å². The van der Waals surface area contributed by atoms with Gasteiger partial charge in [0.1, 0.15) is 18.3 Å². The third kappa shape index (κ3) is 4.60. The lowest BCUT2D eigenvalue weighted by atomic mass is 10.1. The Hall–Kier alpha value is -2.44. The first-order valence-electron chi connectivity index (χ1n) is 8.28. The number of nitrogens with two attached hydrogens (primary N) is 1. The van der Waals surface area contributed by atoms with Crippen LogP contribution in [-0.2, 0) is 13.8 Å². The number of ether oxygens (including phenoxy) is 1. The van der Waals surface area contributed by atoms with Gasteiger partial charge in [-0.05, 0) is 0 Å². The number of benzene rings is 1. The molecule has 0 radical (unpaired) electrons. The van der Waals surface area contributed by atoms with Crippen molar-refractivity contribution in [3.8, 4) is 11.3 Å². The van der Waals surface area contributed by atoms with Crippen molar-refractivity contribution in [2.75, 3.05) is 6.61 Å². The second kappa shape index (κ2) is 8.13. The lowest BCUT2D eigenvalue weighted by Crippen LogP contribution is -2.38. The van der Waals surface area contributed by atoms with Crippen molar-refractivity contribution >= 4 is 13.7 Å². The van der Waals surface area contributed by atoms with Crippen molar-refractivity contribution < 1.29 is 38.6 Å². The van der Waals surface area contributed by atoms with Crippen LogP contribution in [0.2, 0.25) is 0 Å². The Bertz CT molecular complexity index is 1010. The normalized spacial score (nSPS) is 24.6. The average Bonchev–Trinajstić information content (AvgIpc) is 2.95. The summed E-state index contributed by atoms with van der Waals surface area (Å²) in [4.78, 5) is 45.9.